The molecule has 0 aliphatic heterocycles. The minimum atomic E-state index is -0.756. The zero-order chi connectivity index (χ0) is 18.4. The number of nitrogens with one attached hydrogen (secondary N) is 2. The normalized spacial score (nSPS) is 16.7. The Kier molecular flexibility index (Phi) is 6.39. The third-order valence-corrected chi connectivity index (χ3v) is 6.29. The predicted molar refractivity (Wildman–Crippen MR) is 105 cm³/mol. The van der Waals surface area contributed by atoms with Crippen LogP contribution in [0.25, 0.3) is 10.6 Å². The van der Waals surface area contributed by atoms with Crippen LogP contribution in [-0.4, -0.2) is 36.1 Å². The lowest BCUT2D eigenvalue weighted by molar-refractivity contribution is -0.149. The Morgan fingerprint density at radius 2 is 2.00 bits per heavy atom. The number of aromatic nitrogens is 1. The van der Waals surface area contributed by atoms with Crippen molar-refractivity contribution in [1.82, 2.24) is 10.3 Å². The standard InChI is InChI=1S/C18H23N3O3S2/c1-24-16(23)18(8-4-2-3-5-9-18)19-11-15(22)21-17-20-13(12-26-17)14-7-6-10-25-14/h6-7,10,12,19H,2-5,8-9,11H2,1H3,(H,20,21,22). The molecule has 0 aromatic carbocycles. The second-order valence-corrected chi connectivity index (χ2v) is 8.21. The van der Waals surface area contributed by atoms with Crippen molar-refractivity contribution in [2.24, 2.45) is 0 Å². The van der Waals surface area contributed by atoms with Gasteiger partial charge in [0.15, 0.2) is 5.13 Å². The summed E-state index contributed by atoms with van der Waals surface area (Å²) in [5, 5.41) is 10.5. The van der Waals surface area contributed by atoms with Gasteiger partial charge in [-0.2, -0.15) is 0 Å². The van der Waals surface area contributed by atoms with E-state index in [2.05, 4.69) is 15.6 Å². The fourth-order valence-electron chi connectivity index (χ4n) is 3.26. The molecule has 26 heavy (non-hydrogen) atoms. The predicted octanol–water partition coefficient (Wildman–Crippen LogP) is 3.67. The quantitative estimate of drug-likeness (QED) is 0.578. The first-order valence-corrected chi connectivity index (χ1v) is 10.5. The molecule has 140 valence electrons. The van der Waals surface area contributed by atoms with E-state index in [-0.39, 0.29) is 18.4 Å². The number of rotatable bonds is 6. The third-order valence-electron chi connectivity index (χ3n) is 4.64. The van der Waals surface area contributed by atoms with Gasteiger partial charge in [-0.25, -0.2) is 4.98 Å². The van der Waals surface area contributed by atoms with Crippen LogP contribution >= 0.6 is 22.7 Å². The highest BCUT2D eigenvalue weighted by Gasteiger charge is 2.39. The Hall–Kier alpha value is -1.77. The first-order valence-electron chi connectivity index (χ1n) is 8.76. The molecule has 0 atom stereocenters. The molecule has 0 saturated heterocycles. The average molecular weight is 394 g/mol. The fourth-order valence-corrected chi connectivity index (χ4v) is 4.75. The average Bonchev–Trinajstić information content (AvgIpc) is 3.27. The van der Waals surface area contributed by atoms with Crippen LogP contribution in [0.15, 0.2) is 22.9 Å². The van der Waals surface area contributed by atoms with E-state index in [1.54, 1.807) is 11.3 Å². The lowest BCUT2D eigenvalue weighted by atomic mass is 9.90. The fraction of sp³-hybridized carbons (Fsp3) is 0.500. The van der Waals surface area contributed by atoms with Crippen LogP contribution in [0.2, 0.25) is 0 Å². The van der Waals surface area contributed by atoms with Gasteiger partial charge in [-0.1, -0.05) is 31.7 Å². The molecule has 0 unspecified atom stereocenters. The molecule has 2 aromatic heterocycles. The minimum Gasteiger partial charge on any atom is -0.468 e. The van der Waals surface area contributed by atoms with Crippen molar-refractivity contribution in [2.75, 3.05) is 19.0 Å². The summed E-state index contributed by atoms with van der Waals surface area (Å²) in [7, 11) is 1.40. The molecule has 0 bridgehead atoms. The van der Waals surface area contributed by atoms with Crippen molar-refractivity contribution in [3.63, 3.8) is 0 Å². The van der Waals surface area contributed by atoms with Gasteiger partial charge in [-0.3, -0.25) is 14.9 Å². The van der Waals surface area contributed by atoms with Crippen LogP contribution in [0.5, 0.6) is 0 Å². The van der Waals surface area contributed by atoms with Gasteiger partial charge in [0.1, 0.15) is 5.54 Å². The summed E-state index contributed by atoms with van der Waals surface area (Å²) >= 11 is 3.01. The molecule has 1 aliphatic rings. The van der Waals surface area contributed by atoms with E-state index in [1.807, 2.05) is 22.9 Å². The number of esters is 1. The summed E-state index contributed by atoms with van der Waals surface area (Å²) in [5.41, 5.74) is 0.108. The van der Waals surface area contributed by atoms with E-state index in [0.717, 1.165) is 36.3 Å². The van der Waals surface area contributed by atoms with Crippen LogP contribution in [0.1, 0.15) is 38.5 Å². The zero-order valence-corrected chi connectivity index (χ0v) is 16.4. The number of thiophene rings is 1. The number of carbonyl (C=O) groups excluding carboxylic acids is 2. The topological polar surface area (TPSA) is 80.3 Å². The number of carbonyl (C=O) groups is 2. The van der Waals surface area contributed by atoms with Crippen molar-refractivity contribution in [2.45, 2.75) is 44.1 Å². The molecule has 2 heterocycles. The summed E-state index contributed by atoms with van der Waals surface area (Å²) in [5.74, 6) is -0.481. The second kappa shape index (κ2) is 8.75. The van der Waals surface area contributed by atoms with Gasteiger partial charge < -0.3 is 10.1 Å². The van der Waals surface area contributed by atoms with Gasteiger partial charge in [-0.05, 0) is 24.3 Å². The molecule has 1 fully saturated rings. The molecular formula is C18H23N3O3S2. The maximum atomic E-state index is 12.3. The van der Waals surface area contributed by atoms with Crippen molar-refractivity contribution >= 4 is 39.7 Å². The van der Waals surface area contributed by atoms with E-state index < -0.39 is 5.54 Å². The Morgan fingerprint density at radius 1 is 1.23 bits per heavy atom. The minimum absolute atomic E-state index is 0.0585. The van der Waals surface area contributed by atoms with E-state index in [4.69, 9.17) is 4.74 Å². The summed E-state index contributed by atoms with van der Waals surface area (Å²) in [6.07, 6.45) is 5.54. The third kappa shape index (κ3) is 4.49. The summed E-state index contributed by atoms with van der Waals surface area (Å²) in [6.45, 7) is 0.0585. The van der Waals surface area contributed by atoms with Crippen LogP contribution in [-0.2, 0) is 14.3 Å². The Morgan fingerprint density at radius 3 is 2.65 bits per heavy atom. The van der Waals surface area contributed by atoms with Gasteiger partial charge in [0, 0.05) is 5.38 Å². The smallest absolute Gasteiger partial charge is 0.326 e. The Labute approximate surface area is 161 Å². The molecular weight excluding hydrogens is 370 g/mol. The summed E-state index contributed by atoms with van der Waals surface area (Å²) in [4.78, 5) is 30.2. The molecule has 0 radical (unpaired) electrons. The van der Waals surface area contributed by atoms with E-state index in [0.29, 0.717) is 18.0 Å². The number of methoxy groups -OCH3 is 1. The number of anilines is 1. The first kappa shape index (κ1) is 19.0. The van der Waals surface area contributed by atoms with Gasteiger partial charge >= 0.3 is 5.97 Å². The molecule has 1 aliphatic carbocycles. The number of hydrogen-bond donors (Lipinski definition) is 2. The summed E-state index contributed by atoms with van der Waals surface area (Å²) in [6, 6.07) is 3.97. The molecule has 0 spiro atoms. The summed E-state index contributed by atoms with van der Waals surface area (Å²) < 4.78 is 5.00. The molecule has 1 amide bonds. The second-order valence-electron chi connectivity index (χ2n) is 6.40. The largest absolute Gasteiger partial charge is 0.468 e. The monoisotopic (exact) mass is 393 g/mol. The van der Waals surface area contributed by atoms with Gasteiger partial charge in [0.25, 0.3) is 0 Å². The Balaban J connectivity index is 1.59. The SMILES string of the molecule is COC(=O)C1(NCC(=O)Nc2nc(-c3cccs3)cs2)CCCCCC1. The number of amides is 1. The number of hydrogen-bond acceptors (Lipinski definition) is 7. The van der Waals surface area contributed by atoms with E-state index in [9.17, 15) is 9.59 Å². The molecule has 6 nitrogen and oxygen atoms in total. The van der Waals surface area contributed by atoms with Crippen molar-refractivity contribution in [3.8, 4) is 10.6 Å². The van der Waals surface area contributed by atoms with Crippen molar-refractivity contribution in [3.05, 3.63) is 22.9 Å². The lowest BCUT2D eigenvalue weighted by Crippen LogP contribution is -2.54. The van der Waals surface area contributed by atoms with Gasteiger partial charge in [0.2, 0.25) is 5.91 Å². The molecule has 2 N–H and O–H groups in total. The van der Waals surface area contributed by atoms with Gasteiger partial charge in [-0.15, -0.1) is 22.7 Å². The van der Waals surface area contributed by atoms with Crippen LogP contribution < -0.4 is 10.6 Å². The van der Waals surface area contributed by atoms with Crippen molar-refractivity contribution < 1.29 is 14.3 Å². The van der Waals surface area contributed by atoms with Gasteiger partial charge in [0.05, 0.1) is 24.2 Å². The van der Waals surface area contributed by atoms with Crippen LogP contribution in [0.4, 0.5) is 5.13 Å². The van der Waals surface area contributed by atoms with Crippen LogP contribution in [0.3, 0.4) is 0 Å². The number of nitrogens with zero attached hydrogens (tertiary/aromatic N) is 1. The zero-order valence-electron chi connectivity index (χ0n) is 14.7. The highest BCUT2D eigenvalue weighted by Crippen LogP contribution is 2.29. The molecule has 1 saturated carbocycles. The molecule has 2 aromatic rings. The van der Waals surface area contributed by atoms with E-state index in [1.165, 1.54) is 18.4 Å². The number of thiazole rings is 1. The maximum absolute atomic E-state index is 12.3. The highest BCUT2D eigenvalue weighted by molar-refractivity contribution is 7.16. The number of ether oxygens (including phenoxy) is 1. The molecule has 8 heteroatoms. The van der Waals surface area contributed by atoms with Crippen molar-refractivity contribution in [1.29, 1.82) is 0 Å². The lowest BCUT2D eigenvalue weighted by Gasteiger charge is -2.30. The maximum Gasteiger partial charge on any atom is 0.326 e. The highest BCUT2D eigenvalue weighted by atomic mass is 32.1. The van der Waals surface area contributed by atoms with Crippen LogP contribution in [0, 0.1) is 0 Å². The van der Waals surface area contributed by atoms with E-state index >= 15 is 0 Å². The first-order chi connectivity index (χ1) is 12.6. The Bertz CT molecular complexity index is 735. The molecule has 3 rings (SSSR count).